The van der Waals surface area contributed by atoms with Crippen LogP contribution < -0.4 is 5.14 Å². The van der Waals surface area contributed by atoms with Crippen molar-refractivity contribution in [3.05, 3.63) is 17.5 Å². The molecule has 1 unspecified atom stereocenters. The first kappa shape index (κ1) is 7.57. The molecular weight excluding hydrogens is 198 g/mol. The van der Waals surface area contributed by atoms with E-state index in [0.717, 1.165) is 4.21 Å². The quantitative estimate of drug-likeness (QED) is 0.720. The number of fused-ring (bicyclic) bond motifs is 1. The minimum Gasteiger partial charge on any atom is -0.592 e. The van der Waals surface area contributed by atoms with Gasteiger partial charge in [-0.25, -0.2) is 0 Å². The van der Waals surface area contributed by atoms with Gasteiger partial charge in [0.2, 0.25) is 4.21 Å². The average molecular weight is 203 g/mol. The molecule has 2 aromatic rings. The smallest absolute Gasteiger partial charge is 0.229 e. The molecule has 11 heavy (non-hydrogen) atoms. The van der Waals surface area contributed by atoms with Gasteiger partial charge in [-0.15, -0.1) is 16.5 Å². The largest absolute Gasteiger partial charge is 0.592 e. The molecule has 0 aliphatic heterocycles. The molecule has 2 rings (SSSR count). The van der Waals surface area contributed by atoms with E-state index in [1.54, 1.807) is 11.3 Å². The molecule has 0 aliphatic rings. The zero-order valence-corrected chi connectivity index (χ0v) is 7.89. The van der Waals surface area contributed by atoms with Gasteiger partial charge in [0.15, 0.2) is 0 Å². The van der Waals surface area contributed by atoms with E-state index in [-0.39, 0.29) is 0 Å². The number of hydrogen-bond donors (Lipinski definition) is 1. The summed E-state index contributed by atoms with van der Waals surface area (Å²) in [5.41, 5.74) is 0. The summed E-state index contributed by atoms with van der Waals surface area (Å²) in [6, 6.07) is 3.90. The first-order chi connectivity index (χ1) is 5.27. The van der Waals surface area contributed by atoms with E-state index in [1.165, 1.54) is 20.7 Å². The van der Waals surface area contributed by atoms with Crippen molar-refractivity contribution in [3.8, 4) is 0 Å². The van der Waals surface area contributed by atoms with Crippen molar-refractivity contribution in [1.29, 1.82) is 0 Å². The summed E-state index contributed by atoms with van der Waals surface area (Å²) < 4.78 is 13.9. The second kappa shape index (κ2) is 2.76. The van der Waals surface area contributed by atoms with Crippen LogP contribution in [0, 0.1) is 0 Å². The normalized spacial score (nSPS) is 14.0. The van der Waals surface area contributed by atoms with Crippen LogP contribution in [0.2, 0.25) is 0 Å². The van der Waals surface area contributed by atoms with Gasteiger partial charge < -0.3 is 4.55 Å². The highest BCUT2D eigenvalue weighted by atomic mass is 32.2. The van der Waals surface area contributed by atoms with E-state index in [2.05, 4.69) is 0 Å². The summed E-state index contributed by atoms with van der Waals surface area (Å²) in [7, 11) is 0. The van der Waals surface area contributed by atoms with Gasteiger partial charge in [-0.2, -0.15) is 0 Å². The second-order valence-corrected chi connectivity index (χ2v) is 5.34. The van der Waals surface area contributed by atoms with Crippen LogP contribution >= 0.6 is 22.7 Å². The van der Waals surface area contributed by atoms with Crippen LogP contribution in [0.4, 0.5) is 0 Å². The fourth-order valence-electron chi connectivity index (χ4n) is 0.843. The van der Waals surface area contributed by atoms with Crippen LogP contribution in [0.5, 0.6) is 0 Å². The highest BCUT2D eigenvalue weighted by Gasteiger charge is 2.10. The first-order valence-electron chi connectivity index (χ1n) is 2.90. The Labute approximate surface area is 75.0 Å². The van der Waals surface area contributed by atoms with Crippen LogP contribution in [0.1, 0.15) is 0 Å². The summed E-state index contributed by atoms with van der Waals surface area (Å²) in [4.78, 5) is 0. The van der Waals surface area contributed by atoms with Crippen molar-refractivity contribution in [2.75, 3.05) is 0 Å². The third kappa shape index (κ3) is 1.30. The van der Waals surface area contributed by atoms with Gasteiger partial charge in [0.25, 0.3) is 0 Å². The third-order valence-electron chi connectivity index (χ3n) is 1.32. The Kier molecular flexibility index (Phi) is 1.90. The van der Waals surface area contributed by atoms with Crippen molar-refractivity contribution < 1.29 is 4.55 Å². The summed E-state index contributed by atoms with van der Waals surface area (Å²) >= 11 is 1.83. The molecule has 0 radical (unpaired) electrons. The molecule has 0 aromatic carbocycles. The van der Waals surface area contributed by atoms with E-state index >= 15 is 0 Å². The van der Waals surface area contributed by atoms with Crippen molar-refractivity contribution in [3.63, 3.8) is 0 Å². The van der Waals surface area contributed by atoms with Gasteiger partial charge in [0.05, 0.1) is 20.8 Å². The lowest BCUT2D eigenvalue weighted by Crippen LogP contribution is -2.09. The molecule has 0 bridgehead atoms. The number of thiophene rings is 2. The highest BCUT2D eigenvalue weighted by Crippen LogP contribution is 2.31. The Bertz CT molecular complexity index is 336. The Morgan fingerprint density at radius 1 is 1.45 bits per heavy atom. The molecule has 0 saturated heterocycles. The SMILES string of the molecule is N[S+]([O-])c1cc2sccc2s1. The molecule has 58 valence electrons. The Morgan fingerprint density at radius 3 is 2.91 bits per heavy atom. The second-order valence-electron chi connectivity index (χ2n) is 2.01. The van der Waals surface area contributed by atoms with E-state index in [1.807, 2.05) is 17.5 Å². The number of nitrogens with two attached hydrogens (primary N) is 1. The zero-order valence-electron chi connectivity index (χ0n) is 5.44. The fourth-order valence-corrected chi connectivity index (χ4v) is 3.59. The van der Waals surface area contributed by atoms with Gasteiger partial charge in [-0.1, -0.05) is 11.3 Å². The zero-order chi connectivity index (χ0) is 7.84. The maximum absolute atomic E-state index is 10.8. The van der Waals surface area contributed by atoms with Crippen molar-refractivity contribution in [1.82, 2.24) is 0 Å². The Balaban J connectivity index is 2.58. The molecule has 0 spiro atoms. The molecule has 0 amide bonds. The number of hydrogen-bond acceptors (Lipinski definition) is 4. The summed E-state index contributed by atoms with van der Waals surface area (Å²) in [5, 5.41) is 7.24. The van der Waals surface area contributed by atoms with Gasteiger partial charge in [-0.3, -0.25) is 0 Å². The van der Waals surface area contributed by atoms with Crippen molar-refractivity contribution in [2.24, 2.45) is 5.14 Å². The van der Waals surface area contributed by atoms with Gasteiger partial charge in [0, 0.05) is 6.07 Å². The highest BCUT2D eigenvalue weighted by molar-refractivity contribution is 7.91. The van der Waals surface area contributed by atoms with Crippen LogP contribution in [0.25, 0.3) is 9.40 Å². The van der Waals surface area contributed by atoms with E-state index in [9.17, 15) is 4.55 Å². The predicted molar refractivity (Wildman–Crippen MR) is 50.3 cm³/mol. The average Bonchev–Trinajstić information content (AvgIpc) is 2.40. The summed E-state index contributed by atoms with van der Waals surface area (Å²) in [6.07, 6.45) is 0. The lowest BCUT2D eigenvalue weighted by atomic mass is 10.5. The first-order valence-corrected chi connectivity index (χ1v) is 5.81. The lowest BCUT2D eigenvalue weighted by molar-refractivity contribution is 0.599. The summed E-state index contributed by atoms with van der Waals surface area (Å²) in [5.74, 6) is 0. The molecule has 2 nitrogen and oxygen atoms in total. The van der Waals surface area contributed by atoms with E-state index in [4.69, 9.17) is 5.14 Å². The molecular formula is C6H5NOS3. The summed E-state index contributed by atoms with van der Waals surface area (Å²) in [6.45, 7) is 0. The topological polar surface area (TPSA) is 49.1 Å². The Hall–Kier alpha value is -0.0700. The molecule has 0 saturated carbocycles. The van der Waals surface area contributed by atoms with Crippen LogP contribution in [0.15, 0.2) is 21.7 Å². The van der Waals surface area contributed by atoms with Crippen LogP contribution in [-0.2, 0) is 11.4 Å². The Morgan fingerprint density at radius 2 is 2.27 bits per heavy atom. The van der Waals surface area contributed by atoms with E-state index in [0.29, 0.717) is 0 Å². The van der Waals surface area contributed by atoms with Crippen molar-refractivity contribution in [2.45, 2.75) is 4.21 Å². The van der Waals surface area contributed by atoms with Gasteiger partial charge >= 0.3 is 0 Å². The lowest BCUT2D eigenvalue weighted by Gasteiger charge is -1.95. The molecule has 0 aliphatic carbocycles. The molecule has 2 N–H and O–H groups in total. The predicted octanol–water partition coefficient (Wildman–Crippen LogP) is 1.94. The van der Waals surface area contributed by atoms with Crippen molar-refractivity contribution >= 4 is 43.4 Å². The molecule has 5 heteroatoms. The van der Waals surface area contributed by atoms with Gasteiger partial charge in [0.1, 0.15) is 0 Å². The minimum absolute atomic E-state index is 0.756. The standard InChI is InChI=1S/C6H5NOS3/c7-11(8)6-3-5-4(10-6)1-2-9-5/h1-3H,7H2. The van der Waals surface area contributed by atoms with Gasteiger partial charge in [-0.05, 0) is 11.4 Å². The monoisotopic (exact) mass is 203 g/mol. The fraction of sp³-hybridized carbons (Fsp3) is 0. The van der Waals surface area contributed by atoms with Crippen LogP contribution in [0.3, 0.4) is 0 Å². The third-order valence-corrected chi connectivity index (χ3v) is 4.46. The maximum atomic E-state index is 10.8. The van der Waals surface area contributed by atoms with Crippen LogP contribution in [-0.4, -0.2) is 4.55 Å². The molecule has 0 fully saturated rings. The molecule has 2 heterocycles. The molecule has 1 atom stereocenters. The minimum atomic E-state index is -1.31. The van der Waals surface area contributed by atoms with E-state index < -0.39 is 11.4 Å². The maximum Gasteiger partial charge on any atom is 0.229 e. The number of rotatable bonds is 1. The molecule has 2 aromatic heterocycles.